The van der Waals surface area contributed by atoms with E-state index in [0.29, 0.717) is 16.9 Å². The number of nitrogens with two attached hydrogens (primary N) is 2. The van der Waals surface area contributed by atoms with Crippen LogP contribution in [0.25, 0.3) is 11.0 Å². The number of fused-ring (bicyclic) bond motifs is 1. The monoisotopic (exact) mass is 303 g/mol. The van der Waals surface area contributed by atoms with Crippen molar-refractivity contribution in [3.8, 4) is 0 Å². The molecule has 0 aromatic carbocycles. The van der Waals surface area contributed by atoms with Crippen LogP contribution in [0, 0.1) is 0 Å². The molecule has 2 aromatic rings. The van der Waals surface area contributed by atoms with Gasteiger partial charge >= 0.3 is 5.69 Å². The normalized spacial score (nSPS) is 15.8. The van der Waals surface area contributed by atoms with Gasteiger partial charge in [-0.1, -0.05) is 12.8 Å². The van der Waals surface area contributed by atoms with E-state index in [1.54, 1.807) is 7.05 Å². The lowest BCUT2D eigenvalue weighted by Crippen LogP contribution is -2.38. The van der Waals surface area contributed by atoms with E-state index in [2.05, 4.69) is 4.98 Å². The lowest BCUT2D eigenvalue weighted by Gasteiger charge is -2.20. The Hall–Kier alpha value is -2.15. The molecule has 0 bridgehead atoms. The zero-order chi connectivity index (χ0) is 16.0. The topological polar surface area (TPSA) is 109 Å². The third-order valence-electron chi connectivity index (χ3n) is 4.73. The zero-order valence-electron chi connectivity index (χ0n) is 12.9. The maximum atomic E-state index is 12.7. The highest BCUT2D eigenvalue weighted by atomic mass is 16.2. The Morgan fingerprint density at radius 2 is 1.82 bits per heavy atom. The Bertz CT molecular complexity index is 859. The Balaban J connectivity index is 2.53. The van der Waals surface area contributed by atoms with E-state index in [0.717, 1.165) is 41.4 Å². The minimum absolute atomic E-state index is 0.243. The van der Waals surface area contributed by atoms with E-state index >= 15 is 0 Å². The van der Waals surface area contributed by atoms with Crippen LogP contribution in [0.2, 0.25) is 0 Å². The predicted molar refractivity (Wildman–Crippen MR) is 85.7 cm³/mol. The standard InChI is InChI=1S/C15H21N5O2/c1-19-13-11(14(21)20(2)15(19)22)10(8-5-3-4-6-8)9(7-16)12(17)18-13/h8H,3-7,16H2,1-2H3,(H2,17,18). The van der Waals surface area contributed by atoms with Gasteiger partial charge in [-0.15, -0.1) is 0 Å². The van der Waals surface area contributed by atoms with Crippen LogP contribution in [-0.2, 0) is 20.6 Å². The van der Waals surface area contributed by atoms with Gasteiger partial charge in [0.15, 0.2) is 5.65 Å². The first kappa shape index (κ1) is 14.8. The first-order valence-electron chi connectivity index (χ1n) is 7.55. The van der Waals surface area contributed by atoms with E-state index in [1.165, 1.54) is 11.6 Å². The zero-order valence-corrected chi connectivity index (χ0v) is 12.9. The average Bonchev–Trinajstić information content (AvgIpc) is 3.03. The van der Waals surface area contributed by atoms with Gasteiger partial charge in [0.1, 0.15) is 5.82 Å². The molecule has 2 aromatic heterocycles. The number of pyridine rings is 1. The molecule has 22 heavy (non-hydrogen) atoms. The molecule has 7 heteroatoms. The van der Waals surface area contributed by atoms with E-state index < -0.39 is 5.69 Å². The molecule has 7 nitrogen and oxygen atoms in total. The van der Waals surface area contributed by atoms with E-state index in [1.807, 2.05) is 0 Å². The molecule has 3 rings (SSSR count). The molecule has 2 heterocycles. The van der Waals surface area contributed by atoms with Gasteiger partial charge in [-0.05, 0) is 24.3 Å². The van der Waals surface area contributed by atoms with Crippen LogP contribution in [0.5, 0.6) is 0 Å². The molecule has 0 amide bonds. The summed E-state index contributed by atoms with van der Waals surface area (Å²) in [6.07, 6.45) is 4.28. The fourth-order valence-electron chi connectivity index (χ4n) is 3.55. The van der Waals surface area contributed by atoms with Crippen molar-refractivity contribution in [2.24, 2.45) is 19.8 Å². The Morgan fingerprint density at radius 1 is 1.18 bits per heavy atom. The van der Waals surface area contributed by atoms with Crippen LogP contribution >= 0.6 is 0 Å². The maximum absolute atomic E-state index is 12.7. The molecule has 1 aliphatic rings. The molecule has 0 aliphatic heterocycles. The van der Waals surface area contributed by atoms with Gasteiger partial charge in [0.2, 0.25) is 0 Å². The van der Waals surface area contributed by atoms with Gasteiger partial charge in [-0.3, -0.25) is 13.9 Å². The summed E-state index contributed by atoms with van der Waals surface area (Å²) in [7, 11) is 3.10. The number of nitrogen functional groups attached to an aromatic ring is 1. The van der Waals surface area contributed by atoms with Crippen molar-refractivity contribution in [1.29, 1.82) is 0 Å². The minimum atomic E-state index is -0.401. The first-order valence-corrected chi connectivity index (χ1v) is 7.55. The highest BCUT2D eigenvalue weighted by molar-refractivity contribution is 5.83. The summed E-state index contributed by atoms with van der Waals surface area (Å²) in [5, 5.41) is 0.492. The number of rotatable bonds is 2. The van der Waals surface area contributed by atoms with Gasteiger partial charge in [0, 0.05) is 26.2 Å². The molecule has 0 unspecified atom stereocenters. The second-order valence-corrected chi connectivity index (χ2v) is 5.98. The summed E-state index contributed by atoms with van der Waals surface area (Å²) >= 11 is 0. The van der Waals surface area contributed by atoms with Gasteiger partial charge in [-0.2, -0.15) is 0 Å². The van der Waals surface area contributed by atoms with Crippen molar-refractivity contribution in [2.45, 2.75) is 38.1 Å². The fourth-order valence-corrected chi connectivity index (χ4v) is 3.55. The van der Waals surface area contributed by atoms with Gasteiger partial charge in [0.05, 0.1) is 5.39 Å². The fraction of sp³-hybridized carbons (Fsp3) is 0.533. The lowest BCUT2D eigenvalue weighted by atomic mass is 9.90. The summed E-state index contributed by atoms with van der Waals surface area (Å²) in [5.74, 6) is 0.580. The molecule has 118 valence electrons. The van der Waals surface area contributed by atoms with Crippen LogP contribution in [0.15, 0.2) is 9.59 Å². The van der Waals surface area contributed by atoms with Crippen molar-refractivity contribution in [3.63, 3.8) is 0 Å². The number of hydrogen-bond acceptors (Lipinski definition) is 5. The second kappa shape index (κ2) is 5.24. The highest BCUT2D eigenvalue weighted by Gasteiger charge is 2.27. The average molecular weight is 303 g/mol. The third-order valence-corrected chi connectivity index (χ3v) is 4.73. The van der Waals surface area contributed by atoms with Crippen molar-refractivity contribution < 1.29 is 0 Å². The molecular formula is C15H21N5O2. The summed E-state index contributed by atoms with van der Waals surface area (Å²) in [5.41, 5.74) is 13.2. The first-order chi connectivity index (χ1) is 10.5. The molecule has 1 saturated carbocycles. The number of aromatic nitrogens is 3. The largest absolute Gasteiger partial charge is 0.383 e. The Labute approximate surface area is 127 Å². The van der Waals surface area contributed by atoms with Crippen LogP contribution in [-0.4, -0.2) is 14.1 Å². The van der Waals surface area contributed by atoms with E-state index in [-0.39, 0.29) is 18.0 Å². The van der Waals surface area contributed by atoms with Gasteiger partial charge in [-0.25, -0.2) is 9.78 Å². The van der Waals surface area contributed by atoms with E-state index in [9.17, 15) is 9.59 Å². The third kappa shape index (κ3) is 1.96. The number of hydrogen-bond donors (Lipinski definition) is 2. The van der Waals surface area contributed by atoms with Crippen LogP contribution in [0.1, 0.15) is 42.7 Å². The maximum Gasteiger partial charge on any atom is 0.332 e. The SMILES string of the molecule is Cn1c(=O)c2c(C3CCCC3)c(CN)c(N)nc2n(C)c1=O. The Morgan fingerprint density at radius 3 is 2.41 bits per heavy atom. The number of aryl methyl sites for hydroxylation is 1. The van der Waals surface area contributed by atoms with Gasteiger partial charge < -0.3 is 11.5 Å². The molecular weight excluding hydrogens is 282 g/mol. The summed E-state index contributed by atoms with van der Waals surface area (Å²) in [6, 6.07) is 0. The molecule has 1 fully saturated rings. The summed E-state index contributed by atoms with van der Waals surface area (Å²) in [4.78, 5) is 29.1. The van der Waals surface area contributed by atoms with E-state index in [4.69, 9.17) is 11.5 Å². The molecule has 0 saturated heterocycles. The smallest absolute Gasteiger partial charge is 0.332 e. The van der Waals surface area contributed by atoms with Crippen molar-refractivity contribution in [1.82, 2.24) is 14.1 Å². The van der Waals surface area contributed by atoms with Crippen molar-refractivity contribution in [3.05, 3.63) is 32.0 Å². The molecule has 4 N–H and O–H groups in total. The minimum Gasteiger partial charge on any atom is -0.383 e. The quantitative estimate of drug-likeness (QED) is 0.831. The Kier molecular flexibility index (Phi) is 3.52. The molecule has 1 aliphatic carbocycles. The molecule has 0 radical (unpaired) electrons. The number of anilines is 1. The highest BCUT2D eigenvalue weighted by Crippen LogP contribution is 2.39. The lowest BCUT2D eigenvalue weighted by molar-refractivity contribution is 0.689. The van der Waals surface area contributed by atoms with Crippen LogP contribution in [0.3, 0.4) is 0 Å². The van der Waals surface area contributed by atoms with Crippen molar-refractivity contribution >= 4 is 16.9 Å². The van der Waals surface area contributed by atoms with Crippen LogP contribution in [0.4, 0.5) is 5.82 Å². The molecule has 0 atom stereocenters. The summed E-state index contributed by atoms with van der Waals surface area (Å²) < 4.78 is 2.50. The summed E-state index contributed by atoms with van der Waals surface area (Å²) in [6.45, 7) is 0.243. The van der Waals surface area contributed by atoms with Crippen molar-refractivity contribution in [2.75, 3.05) is 5.73 Å². The molecule has 0 spiro atoms. The number of nitrogens with zero attached hydrogens (tertiary/aromatic N) is 3. The second-order valence-electron chi connectivity index (χ2n) is 5.98. The van der Waals surface area contributed by atoms with Crippen LogP contribution < -0.4 is 22.7 Å². The van der Waals surface area contributed by atoms with Gasteiger partial charge in [0.25, 0.3) is 5.56 Å². The predicted octanol–water partition coefficient (Wildman–Crippen LogP) is 0.331.